The number of halogens is 2. The first-order chi connectivity index (χ1) is 13.0. The molecule has 0 radical (unpaired) electrons. The summed E-state index contributed by atoms with van der Waals surface area (Å²) in [4.78, 5) is 29.1. The van der Waals surface area contributed by atoms with E-state index in [2.05, 4.69) is 10.1 Å². The van der Waals surface area contributed by atoms with E-state index in [1.165, 1.54) is 12.1 Å². The number of thiazole rings is 1. The summed E-state index contributed by atoms with van der Waals surface area (Å²) in [7, 11) is 0. The van der Waals surface area contributed by atoms with Crippen molar-refractivity contribution in [2.45, 2.75) is 6.42 Å². The molecule has 0 saturated carbocycles. The quantitative estimate of drug-likeness (QED) is 0.531. The maximum absolute atomic E-state index is 13.0. The highest BCUT2D eigenvalue weighted by Crippen LogP contribution is 2.16. The van der Waals surface area contributed by atoms with E-state index in [9.17, 15) is 14.0 Å². The SMILES string of the molecule is O=c1nc2sc(=Cc3ccc(F)cc3)c(=O)n2nc1Cc1ccccc1Cl. The molecular weight excluding hydrogens is 389 g/mol. The fourth-order valence-electron chi connectivity index (χ4n) is 2.58. The van der Waals surface area contributed by atoms with Crippen molar-refractivity contribution < 1.29 is 4.39 Å². The fourth-order valence-corrected chi connectivity index (χ4v) is 3.69. The molecule has 0 aliphatic carbocycles. The second-order valence-corrected chi connectivity index (χ2v) is 7.21. The molecule has 2 aromatic heterocycles. The molecule has 0 spiro atoms. The molecule has 2 heterocycles. The molecule has 0 aliphatic rings. The van der Waals surface area contributed by atoms with E-state index in [0.29, 0.717) is 15.1 Å². The first kappa shape index (κ1) is 17.5. The number of benzene rings is 2. The Balaban J connectivity index is 1.82. The Morgan fingerprint density at radius 2 is 1.85 bits per heavy atom. The first-order valence-corrected chi connectivity index (χ1v) is 9.14. The van der Waals surface area contributed by atoms with E-state index in [-0.39, 0.29) is 28.5 Å². The van der Waals surface area contributed by atoms with Gasteiger partial charge in [0.25, 0.3) is 11.1 Å². The van der Waals surface area contributed by atoms with Crippen molar-refractivity contribution in [3.63, 3.8) is 0 Å². The molecule has 5 nitrogen and oxygen atoms in total. The highest BCUT2D eigenvalue weighted by Gasteiger charge is 2.12. The van der Waals surface area contributed by atoms with Crippen LogP contribution in [0.1, 0.15) is 16.8 Å². The van der Waals surface area contributed by atoms with Gasteiger partial charge in [-0.1, -0.05) is 53.3 Å². The first-order valence-electron chi connectivity index (χ1n) is 7.95. The monoisotopic (exact) mass is 399 g/mol. The lowest BCUT2D eigenvalue weighted by molar-refractivity contribution is 0.628. The average Bonchev–Trinajstić information content (AvgIpc) is 2.94. The third-order valence-corrected chi connectivity index (χ3v) is 5.26. The summed E-state index contributed by atoms with van der Waals surface area (Å²) in [6, 6.07) is 12.9. The van der Waals surface area contributed by atoms with Crippen LogP contribution >= 0.6 is 22.9 Å². The van der Waals surface area contributed by atoms with Gasteiger partial charge in [-0.25, -0.2) is 4.39 Å². The minimum atomic E-state index is -0.496. The molecule has 0 bridgehead atoms. The molecular formula is C19H11ClFN3O2S. The van der Waals surface area contributed by atoms with Crippen molar-refractivity contribution >= 4 is 34.0 Å². The molecule has 27 heavy (non-hydrogen) atoms. The van der Waals surface area contributed by atoms with Gasteiger partial charge in [0.1, 0.15) is 11.5 Å². The van der Waals surface area contributed by atoms with Crippen LogP contribution in [0, 0.1) is 5.82 Å². The van der Waals surface area contributed by atoms with E-state index in [4.69, 9.17) is 11.6 Å². The summed E-state index contributed by atoms with van der Waals surface area (Å²) in [5.41, 5.74) is 0.658. The molecule has 0 amide bonds. The highest BCUT2D eigenvalue weighted by atomic mass is 35.5. The van der Waals surface area contributed by atoms with E-state index in [1.54, 1.807) is 36.4 Å². The third kappa shape index (κ3) is 3.51. The molecule has 0 N–H and O–H groups in total. The molecule has 2 aromatic carbocycles. The van der Waals surface area contributed by atoms with Gasteiger partial charge in [0.15, 0.2) is 0 Å². The molecule has 134 valence electrons. The van der Waals surface area contributed by atoms with Gasteiger partial charge in [-0.3, -0.25) is 9.59 Å². The Bertz CT molecular complexity index is 1320. The normalized spacial score (nSPS) is 12.0. The lowest BCUT2D eigenvalue weighted by Crippen LogP contribution is -2.28. The summed E-state index contributed by atoms with van der Waals surface area (Å²) in [5.74, 6) is -0.358. The van der Waals surface area contributed by atoms with Crippen LogP contribution in [0.15, 0.2) is 58.1 Å². The number of fused-ring (bicyclic) bond motifs is 1. The maximum atomic E-state index is 13.0. The Kier molecular flexibility index (Phi) is 4.55. The second kappa shape index (κ2) is 7.02. The van der Waals surface area contributed by atoms with Gasteiger partial charge >= 0.3 is 0 Å². The lowest BCUT2D eigenvalue weighted by atomic mass is 10.1. The van der Waals surface area contributed by atoms with Crippen LogP contribution in [-0.4, -0.2) is 14.6 Å². The second-order valence-electron chi connectivity index (χ2n) is 5.79. The number of aromatic nitrogens is 3. The molecule has 0 unspecified atom stereocenters. The number of nitrogens with zero attached hydrogens (tertiary/aromatic N) is 3. The Morgan fingerprint density at radius 1 is 1.11 bits per heavy atom. The third-order valence-electron chi connectivity index (χ3n) is 3.93. The zero-order valence-corrected chi connectivity index (χ0v) is 15.3. The maximum Gasteiger partial charge on any atom is 0.296 e. The van der Waals surface area contributed by atoms with Gasteiger partial charge in [-0.2, -0.15) is 14.6 Å². The average molecular weight is 400 g/mol. The van der Waals surface area contributed by atoms with Crippen molar-refractivity contribution in [2.75, 3.05) is 0 Å². The summed E-state index contributed by atoms with van der Waals surface area (Å²) in [5, 5.41) is 4.70. The largest absolute Gasteiger partial charge is 0.296 e. The predicted octanol–water partition coefficient (Wildman–Crippen LogP) is 2.44. The predicted molar refractivity (Wildman–Crippen MR) is 103 cm³/mol. The Morgan fingerprint density at radius 3 is 2.59 bits per heavy atom. The molecule has 8 heteroatoms. The standard InChI is InChI=1S/C19H11ClFN3O2S/c20-14-4-2-1-3-12(14)10-15-17(25)22-19-24(23-15)18(26)16(27-19)9-11-5-7-13(21)8-6-11/h1-9H,10H2. The Hall–Kier alpha value is -2.90. The van der Waals surface area contributed by atoms with Crippen molar-refractivity contribution in [1.82, 2.24) is 14.6 Å². The summed E-state index contributed by atoms with van der Waals surface area (Å²) < 4.78 is 14.5. The molecule has 4 aromatic rings. The molecule has 0 aliphatic heterocycles. The van der Waals surface area contributed by atoms with Gasteiger partial charge < -0.3 is 0 Å². The van der Waals surface area contributed by atoms with E-state index in [1.807, 2.05) is 6.07 Å². The number of hydrogen-bond acceptors (Lipinski definition) is 5. The number of hydrogen-bond donors (Lipinski definition) is 0. The van der Waals surface area contributed by atoms with Gasteiger partial charge in [0.05, 0.1) is 4.53 Å². The van der Waals surface area contributed by atoms with Crippen molar-refractivity contribution in [3.8, 4) is 0 Å². The summed E-state index contributed by atoms with van der Waals surface area (Å²) in [6.07, 6.45) is 1.79. The lowest BCUT2D eigenvalue weighted by Gasteiger charge is -2.02. The Labute approximate surface area is 161 Å². The topological polar surface area (TPSA) is 64.3 Å². The van der Waals surface area contributed by atoms with Crippen LogP contribution in [-0.2, 0) is 6.42 Å². The van der Waals surface area contributed by atoms with Crippen molar-refractivity contribution in [1.29, 1.82) is 0 Å². The molecule has 0 atom stereocenters. The van der Waals surface area contributed by atoms with Gasteiger partial charge in [0, 0.05) is 11.4 Å². The summed E-state index contributed by atoms with van der Waals surface area (Å²) >= 11 is 7.19. The van der Waals surface area contributed by atoms with E-state index in [0.717, 1.165) is 21.4 Å². The van der Waals surface area contributed by atoms with E-state index < -0.39 is 5.56 Å². The van der Waals surface area contributed by atoms with E-state index >= 15 is 0 Å². The van der Waals surface area contributed by atoms with Gasteiger partial charge in [-0.15, -0.1) is 0 Å². The van der Waals surface area contributed by atoms with Crippen LogP contribution in [0.4, 0.5) is 4.39 Å². The summed E-state index contributed by atoms with van der Waals surface area (Å²) in [6.45, 7) is 0. The minimum Gasteiger partial charge on any atom is -0.266 e. The van der Waals surface area contributed by atoms with Crippen LogP contribution in [0.5, 0.6) is 0 Å². The van der Waals surface area contributed by atoms with Crippen LogP contribution < -0.4 is 15.7 Å². The zero-order chi connectivity index (χ0) is 19.0. The zero-order valence-electron chi connectivity index (χ0n) is 13.7. The van der Waals surface area contributed by atoms with Crippen molar-refractivity contribution in [3.05, 3.63) is 101 Å². The molecule has 0 saturated heterocycles. The molecule has 0 fully saturated rings. The fraction of sp³-hybridized carbons (Fsp3) is 0.0526. The van der Waals surface area contributed by atoms with Crippen LogP contribution in [0.2, 0.25) is 5.02 Å². The minimum absolute atomic E-state index is 0.142. The highest BCUT2D eigenvalue weighted by molar-refractivity contribution is 7.15. The smallest absolute Gasteiger partial charge is 0.266 e. The van der Waals surface area contributed by atoms with Crippen molar-refractivity contribution in [2.24, 2.45) is 0 Å². The van der Waals surface area contributed by atoms with Gasteiger partial charge in [0.2, 0.25) is 4.96 Å². The van der Waals surface area contributed by atoms with Gasteiger partial charge in [-0.05, 0) is 35.4 Å². The molecule has 4 rings (SSSR count). The van der Waals surface area contributed by atoms with Crippen LogP contribution in [0.25, 0.3) is 11.0 Å². The number of rotatable bonds is 3. The van der Waals surface area contributed by atoms with Crippen LogP contribution in [0.3, 0.4) is 0 Å².